The molecule has 0 aliphatic carbocycles. The monoisotopic (exact) mass is 173 g/mol. The van der Waals surface area contributed by atoms with Gasteiger partial charge in [-0.1, -0.05) is 27.2 Å². The van der Waals surface area contributed by atoms with Crippen LogP contribution in [0.3, 0.4) is 0 Å². The number of hydrogen-bond donors (Lipinski definition) is 2. The van der Waals surface area contributed by atoms with Crippen LogP contribution in [0, 0.1) is 5.41 Å². The summed E-state index contributed by atoms with van der Waals surface area (Å²) in [5.74, 6) is 0. The van der Waals surface area contributed by atoms with Crippen molar-refractivity contribution in [2.75, 3.05) is 6.54 Å². The van der Waals surface area contributed by atoms with Gasteiger partial charge in [-0.15, -0.1) is 0 Å². The molecule has 0 spiro atoms. The molecule has 0 aliphatic heterocycles. The van der Waals surface area contributed by atoms with Crippen LogP contribution in [-0.2, 0) is 0 Å². The summed E-state index contributed by atoms with van der Waals surface area (Å²) in [6.45, 7) is 7.15. The maximum atomic E-state index is 10.0. The van der Waals surface area contributed by atoms with Crippen LogP contribution in [0.1, 0.15) is 40.0 Å². The molecule has 0 saturated heterocycles. The quantitative estimate of drug-likeness (QED) is 0.641. The zero-order valence-electron chi connectivity index (χ0n) is 8.18. The van der Waals surface area contributed by atoms with E-state index in [1.807, 2.05) is 0 Å². The van der Waals surface area contributed by atoms with Gasteiger partial charge in [-0.25, -0.2) is 4.79 Å². The summed E-state index contributed by atoms with van der Waals surface area (Å²) in [6.07, 6.45) is 2.24. The normalized spacial score (nSPS) is 11.2. The van der Waals surface area contributed by atoms with Crippen molar-refractivity contribution in [3.8, 4) is 0 Å². The lowest BCUT2D eigenvalue weighted by molar-refractivity contribution is 0.194. The first-order valence-corrected chi connectivity index (χ1v) is 4.38. The number of carboxylic acid groups (broad SMARTS) is 1. The van der Waals surface area contributed by atoms with Crippen molar-refractivity contribution in [1.29, 1.82) is 0 Å². The summed E-state index contributed by atoms with van der Waals surface area (Å²) in [7, 11) is 0. The Morgan fingerprint density at radius 3 is 2.33 bits per heavy atom. The van der Waals surface area contributed by atoms with Gasteiger partial charge in [0.2, 0.25) is 0 Å². The van der Waals surface area contributed by atoms with Gasteiger partial charge in [0.05, 0.1) is 0 Å². The van der Waals surface area contributed by atoms with Crippen LogP contribution in [0.5, 0.6) is 0 Å². The third-order valence-electron chi connectivity index (χ3n) is 1.63. The highest BCUT2D eigenvalue weighted by molar-refractivity contribution is 5.64. The molecule has 3 heteroatoms. The van der Waals surface area contributed by atoms with Gasteiger partial charge in [0.15, 0.2) is 0 Å². The molecule has 2 N–H and O–H groups in total. The van der Waals surface area contributed by atoms with Gasteiger partial charge >= 0.3 is 6.09 Å². The number of rotatable bonds is 4. The van der Waals surface area contributed by atoms with Crippen molar-refractivity contribution in [2.24, 2.45) is 5.41 Å². The number of hydrogen-bond acceptors (Lipinski definition) is 1. The van der Waals surface area contributed by atoms with Gasteiger partial charge in [0.25, 0.3) is 0 Å². The molecule has 0 unspecified atom stereocenters. The van der Waals surface area contributed by atoms with Crippen molar-refractivity contribution in [3.05, 3.63) is 0 Å². The molecule has 0 radical (unpaired) electrons. The SMILES string of the molecule is CC(C)(C)CCCCNC(=O)O. The highest BCUT2D eigenvalue weighted by atomic mass is 16.4. The second-order valence-electron chi connectivity index (χ2n) is 4.25. The van der Waals surface area contributed by atoms with E-state index in [4.69, 9.17) is 5.11 Å². The first kappa shape index (κ1) is 11.3. The van der Waals surface area contributed by atoms with Crippen molar-refractivity contribution < 1.29 is 9.90 Å². The van der Waals surface area contributed by atoms with E-state index in [9.17, 15) is 4.79 Å². The summed E-state index contributed by atoms with van der Waals surface area (Å²) >= 11 is 0. The lowest BCUT2D eigenvalue weighted by atomic mass is 9.90. The molecule has 0 fully saturated rings. The first-order valence-electron chi connectivity index (χ1n) is 4.38. The lowest BCUT2D eigenvalue weighted by Gasteiger charge is -2.17. The molecule has 0 atom stereocenters. The molecule has 1 amide bonds. The van der Waals surface area contributed by atoms with Crippen LogP contribution >= 0.6 is 0 Å². The fraction of sp³-hybridized carbons (Fsp3) is 0.889. The van der Waals surface area contributed by atoms with Crippen molar-refractivity contribution in [3.63, 3.8) is 0 Å². The smallest absolute Gasteiger partial charge is 0.404 e. The first-order chi connectivity index (χ1) is 5.42. The average Bonchev–Trinajstić information content (AvgIpc) is 1.83. The molecule has 0 saturated carbocycles. The fourth-order valence-corrected chi connectivity index (χ4v) is 0.976. The van der Waals surface area contributed by atoms with Crippen LogP contribution in [0.2, 0.25) is 0 Å². The number of amides is 1. The Kier molecular flexibility index (Phi) is 4.71. The van der Waals surface area contributed by atoms with E-state index in [-0.39, 0.29) is 0 Å². The summed E-state index contributed by atoms with van der Waals surface area (Å²) in [5.41, 5.74) is 0.364. The fourth-order valence-electron chi connectivity index (χ4n) is 0.976. The number of carbonyl (C=O) groups is 1. The van der Waals surface area contributed by atoms with Gasteiger partial charge in [0, 0.05) is 6.54 Å². The predicted octanol–water partition coefficient (Wildman–Crippen LogP) is 2.47. The van der Waals surface area contributed by atoms with Gasteiger partial charge < -0.3 is 10.4 Å². The Balaban J connectivity index is 3.17. The van der Waals surface area contributed by atoms with Crippen molar-refractivity contribution >= 4 is 6.09 Å². The zero-order valence-corrected chi connectivity index (χ0v) is 8.18. The summed E-state index contributed by atoms with van der Waals surface area (Å²) < 4.78 is 0. The van der Waals surface area contributed by atoms with Crippen molar-refractivity contribution in [2.45, 2.75) is 40.0 Å². The summed E-state index contributed by atoms with van der Waals surface area (Å²) in [4.78, 5) is 10.0. The van der Waals surface area contributed by atoms with Gasteiger partial charge in [-0.05, 0) is 18.3 Å². The molecule has 0 aliphatic rings. The lowest BCUT2D eigenvalue weighted by Crippen LogP contribution is -2.22. The van der Waals surface area contributed by atoms with Crippen LogP contribution in [0.4, 0.5) is 4.79 Å². The Morgan fingerprint density at radius 2 is 1.92 bits per heavy atom. The van der Waals surface area contributed by atoms with E-state index in [0.717, 1.165) is 19.3 Å². The minimum absolute atomic E-state index is 0.364. The Morgan fingerprint density at radius 1 is 1.33 bits per heavy atom. The second-order valence-corrected chi connectivity index (χ2v) is 4.25. The second kappa shape index (κ2) is 5.01. The number of unbranched alkanes of at least 4 members (excludes halogenated alkanes) is 1. The summed E-state index contributed by atoms with van der Waals surface area (Å²) in [5, 5.41) is 10.6. The predicted molar refractivity (Wildman–Crippen MR) is 49.3 cm³/mol. The Bertz CT molecular complexity index is 138. The third-order valence-corrected chi connectivity index (χ3v) is 1.63. The maximum absolute atomic E-state index is 10.0. The van der Waals surface area contributed by atoms with Gasteiger partial charge in [-0.2, -0.15) is 0 Å². The molecule has 0 aromatic heterocycles. The van der Waals surface area contributed by atoms with Crippen LogP contribution in [-0.4, -0.2) is 17.7 Å². The average molecular weight is 173 g/mol. The largest absolute Gasteiger partial charge is 0.465 e. The highest BCUT2D eigenvalue weighted by Gasteiger charge is 2.08. The van der Waals surface area contributed by atoms with Gasteiger partial charge in [-0.3, -0.25) is 0 Å². The van der Waals surface area contributed by atoms with E-state index in [1.54, 1.807) is 0 Å². The van der Waals surface area contributed by atoms with Crippen LogP contribution in [0.15, 0.2) is 0 Å². The molecule has 0 rings (SSSR count). The molecule has 0 heterocycles. The van der Waals surface area contributed by atoms with Crippen LogP contribution < -0.4 is 5.32 Å². The van der Waals surface area contributed by atoms with E-state index in [0.29, 0.717) is 12.0 Å². The third kappa shape index (κ3) is 9.27. The Hall–Kier alpha value is -0.730. The molecule has 0 aromatic rings. The molecule has 12 heavy (non-hydrogen) atoms. The van der Waals surface area contributed by atoms with E-state index >= 15 is 0 Å². The topological polar surface area (TPSA) is 49.3 Å². The number of nitrogens with one attached hydrogen (secondary N) is 1. The van der Waals surface area contributed by atoms with E-state index in [1.165, 1.54) is 0 Å². The molecular weight excluding hydrogens is 154 g/mol. The van der Waals surface area contributed by atoms with Crippen LogP contribution in [0.25, 0.3) is 0 Å². The van der Waals surface area contributed by atoms with Gasteiger partial charge in [0.1, 0.15) is 0 Å². The molecule has 72 valence electrons. The highest BCUT2D eigenvalue weighted by Crippen LogP contribution is 2.20. The molecule has 0 bridgehead atoms. The van der Waals surface area contributed by atoms with Crippen molar-refractivity contribution in [1.82, 2.24) is 5.32 Å². The summed E-state index contributed by atoms with van der Waals surface area (Å²) in [6, 6.07) is 0. The molecular formula is C9H19NO2. The standard InChI is InChI=1S/C9H19NO2/c1-9(2,3)6-4-5-7-10-8(11)12/h10H,4-7H2,1-3H3,(H,11,12). The maximum Gasteiger partial charge on any atom is 0.404 e. The van der Waals surface area contributed by atoms with E-state index < -0.39 is 6.09 Å². The Labute approximate surface area is 74.2 Å². The minimum atomic E-state index is -0.925. The zero-order chi connectivity index (χ0) is 9.61. The van der Waals surface area contributed by atoms with E-state index in [2.05, 4.69) is 26.1 Å². The molecule has 0 aromatic carbocycles. The molecule has 3 nitrogen and oxygen atoms in total. The minimum Gasteiger partial charge on any atom is -0.465 e.